The van der Waals surface area contributed by atoms with Crippen LogP contribution in [0.3, 0.4) is 0 Å². The molecule has 0 heterocycles. The van der Waals surface area contributed by atoms with E-state index in [9.17, 15) is 18.0 Å². The number of esters is 2. The maximum absolute atomic E-state index is 12.5. The van der Waals surface area contributed by atoms with Crippen molar-refractivity contribution < 1.29 is 27.5 Å². The van der Waals surface area contributed by atoms with Crippen LogP contribution in [0.5, 0.6) is 0 Å². The summed E-state index contributed by atoms with van der Waals surface area (Å²) in [5, 5.41) is 0. The third-order valence-electron chi connectivity index (χ3n) is 3.73. The van der Waals surface area contributed by atoms with Gasteiger partial charge in [-0.2, -0.15) is 0 Å². The van der Waals surface area contributed by atoms with Crippen molar-refractivity contribution in [2.45, 2.75) is 38.4 Å². The Morgan fingerprint density at radius 3 is 2.29 bits per heavy atom. The van der Waals surface area contributed by atoms with E-state index in [-0.39, 0.29) is 37.4 Å². The highest BCUT2D eigenvalue weighted by molar-refractivity contribution is 7.93. The summed E-state index contributed by atoms with van der Waals surface area (Å²) in [6, 6.07) is 0. The monoisotopic (exact) mass is 318 g/mol. The number of ether oxygens (including phenoxy) is 2. The van der Waals surface area contributed by atoms with Crippen molar-refractivity contribution in [1.29, 1.82) is 0 Å². The maximum atomic E-state index is 12.5. The number of rotatable bonds is 6. The summed E-state index contributed by atoms with van der Waals surface area (Å²) in [6.45, 7) is 8.73. The fourth-order valence-corrected chi connectivity index (χ4v) is 4.43. The minimum absolute atomic E-state index is 0.0666. The summed E-state index contributed by atoms with van der Waals surface area (Å²) in [4.78, 5) is 24.2. The fourth-order valence-electron chi connectivity index (χ4n) is 2.65. The van der Waals surface area contributed by atoms with Gasteiger partial charge in [-0.25, -0.2) is 13.2 Å². The Labute approximate surface area is 125 Å². The van der Waals surface area contributed by atoms with Gasteiger partial charge >= 0.3 is 11.9 Å². The molecule has 1 aliphatic rings. The van der Waals surface area contributed by atoms with E-state index >= 15 is 0 Å². The molecule has 0 saturated heterocycles. The van der Waals surface area contributed by atoms with Crippen LogP contribution in [0.1, 0.15) is 33.6 Å². The Balaban J connectivity index is 3.24. The van der Waals surface area contributed by atoms with Gasteiger partial charge in [-0.3, -0.25) is 4.79 Å². The van der Waals surface area contributed by atoms with Crippen molar-refractivity contribution in [3.63, 3.8) is 0 Å². The number of carbonyl (C=O) groups excluding carboxylic acids is 2. The van der Waals surface area contributed by atoms with Gasteiger partial charge in [0.05, 0.1) is 19.1 Å². The summed E-state index contributed by atoms with van der Waals surface area (Å²) >= 11 is 0. The molecule has 120 valence electrons. The molecule has 0 aliphatic heterocycles. The summed E-state index contributed by atoms with van der Waals surface area (Å²) in [6.07, 6.45) is -0.0312. The highest BCUT2D eigenvalue weighted by atomic mass is 32.2. The molecule has 1 fully saturated rings. The molecule has 0 N–H and O–H groups in total. The zero-order valence-corrected chi connectivity index (χ0v) is 13.5. The molecule has 2 unspecified atom stereocenters. The van der Waals surface area contributed by atoms with E-state index in [1.807, 2.05) is 0 Å². The fraction of sp³-hybridized carbons (Fsp3) is 0.714. The molecule has 7 heteroatoms. The summed E-state index contributed by atoms with van der Waals surface area (Å²) in [5.74, 6) is -2.25. The minimum atomic E-state index is -3.79. The van der Waals surface area contributed by atoms with E-state index in [2.05, 4.69) is 6.58 Å². The van der Waals surface area contributed by atoms with Crippen LogP contribution in [-0.2, 0) is 28.9 Å². The highest BCUT2D eigenvalue weighted by Crippen LogP contribution is 2.45. The molecular weight excluding hydrogens is 296 g/mol. The van der Waals surface area contributed by atoms with Gasteiger partial charge in [-0.05, 0) is 32.3 Å². The summed E-state index contributed by atoms with van der Waals surface area (Å²) < 4.78 is 33.0. The molecule has 21 heavy (non-hydrogen) atoms. The smallest absolute Gasteiger partial charge is 0.331 e. The molecular formula is C14H22O6S. The standard InChI is InChI=1S/C14H22O6S/c1-5-19-12(15)11-8-10(4)14(9-11,13(16)20-6-2)21(17,18)7-3/h11H,4-9H2,1-3H3. The van der Waals surface area contributed by atoms with Crippen LogP contribution in [0, 0.1) is 5.92 Å². The minimum Gasteiger partial charge on any atom is -0.466 e. The van der Waals surface area contributed by atoms with Crippen molar-refractivity contribution in [2.24, 2.45) is 5.92 Å². The predicted octanol–water partition coefficient (Wildman–Crippen LogP) is 1.25. The van der Waals surface area contributed by atoms with Gasteiger partial charge in [0, 0.05) is 5.75 Å². The van der Waals surface area contributed by atoms with Crippen LogP contribution in [0.4, 0.5) is 0 Å². The molecule has 0 aromatic heterocycles. The number of carbonyl (C=O) groups is 2. The molecule has 6 nitrogen and oxygen atoms in total. The Kier molecular flexibility index (Phi) is 5.55. The summed E-state index contributed by atoms with van der Waals surface area (Å²) in [7, 11) is -3.79. The Bertz CT molecular complexity index is 536. The Morgan fingerprint density at radius 2 is 1.81 bits per heavy atom. The number of hydrogen-bond acceptors (Lipinski definition) is 6. The van der Waals surface area contributed by atoms with Crippen LogP contribution >= 0.6 is 0 Å². The number of sulfone groups is 1. The first-order chi connectivity index (χ1) is 9.76. The van der Waals surface area contributed by atoms with Crippen LogP contribution < -0.4 is 0 Å². The van der Waals surface area contributed by atoms with Gasteiger partial charge in [-0.1, -0.05) is 13.5 Å². The molecule has 1 saturated carbocycles. The van der Waals surface area contributed by atoms with Gasteiger partial charge < -0.3 is 9.47 Å². The van der Waals surface area contributed by atoms with E-state index < -0.39 is 32.4 Å². The van der Waals surface area contributed by atoms with E-state index in [0.29, 0.717) is 0 Å². The van der Waals surface area contributed by atoms with Gasteiger partial charge in [0.2, 0.25) is 0 Å². The first kappa shape index (κ1) is 17.7. The topological polar surface area (TPSA) is 86.7 Å². The lowest BCUT2D eigenvalue weighted by Crippen LogP contribution is -2.48. The van der Waals surface area contributed by atoms with Gasteiger partial charge in [-0.15, -0.1) is 0 Å². The number of hydrogen-bond donors (Lipinski definition) is 0. The zero-order valence-electron chi connectivity index (χ0n) is 12.7. The Hall–Kier alpha value is -1.37. The van der Waals surface area contributed by atoms with Gasteiger partial charge in [0.15, 0.2) is 14.6 Å². The summed E-state index contributed by atoms with van der Waals surface area (Å²) in [5.41, 5.74) is 0.209. The average molecular weight is 318 g/mol. The van der Waals surface area contributed by atoms with Crippen molar-refractivity contribution in [2.75, 3.05) is 19.0 Å². The van der Waals surface area contributed by atoms with Crippen LogP contribution in [-0.4, -0.2) is 44.1 Å². The lowest BCUT2D eigenvalue weighted by atomic mass is 10.0. The van der Waals surface area contributed by atoms with Crippen molar-refractivity contribution in [1.82, 2.24) is 0 Å². The van der Waals surface area contributed by atoms with Gasteiger partial charge in [0.25, 0.3) is 0 Å². The normalized spacial score (nSPS) is 25.7. The van der Waals surface area contributed by atoms with E-state index in [0.717, 1.165) is 0 Å². The van der Waals surface area contributed by atoms with Gasteiger partial charge in [0.1, 0.15) is 0 Å². The molecule has 1 aliphatic carbocycles. The zero-order chi connectivity index (χ0) is 16.3. The molecule has 0 bridgehead atoms. The third-order valence-corrected chi connectivity index (χ3v) is 6.18. The second-order valence-corrected chi connectivity index (χ2v) is 7.42. The van der Waals surface area contributed by atoms with Crippen molar-refractivity contribution in [3.8, 4) is 0 Å². The van der Waals surface area contributed by atoms with Crippen molar-refractivity contribution >= 4 is 21.8 Å². The molecule has 0 radical (unpaired) electrons. The molecule has 0 amide bonds. The molecule has 2 atom stereocenters. The van der Waals surface area contributed by atoms with Crippen LogP contribution in [0.15, 0.2) is 12.2 Å². The lowest BCUT2D eigenvalue weighted by Gasteiger charge is -2.27. The van der Waals surface area contributed by atoms with Crippen LogP contribution in [0.2, 0.25) is 0 Å². The Morgan fingerprint density at radius 1 is 1.24 bits per heavy atom. The molecule has 0 spiro atoms. The largest absolute Gasteiger partial charge is 0.466 e. The molecule has 0 aromatic carbocycles. The molecule has 1 rings (SSSR count). The maximum Gasteiger partial charge on any atom is 0.331 e. The first-order valence-corrected chi connectivity index (χ1v) is 8.66. The third kappa shape index (κ3) is 2.97. The first-order valence-electron chi connectivity index (χ1n) is 7.01. The highest BCUT2D eigenvalue weighted by Gasteiger charge is 2.59. The predicted molar refractivity (Wildman–Crippen MR) is 77.3 cm³/mol. The second kappa shape index (κ2) is 6.60. The lowest BCUT2D eigenvalue weighted by molar-refractivity contribution is -0.148. The van der Waals surface area contributed by atoms with Crippen LogP contribution in [0.25, 0.3) is 0 Å². The SMILES string of the molecule is C=C1CC(C(=O)OCC)CC1(C(=O)OCC)S(=O)(=O)CC. The van der Waals surface area contributed by atoms with E-state index in [1.165, 1.54) is 6.92 Å². The second-order valence-electron chi connectivity index (χ2n) is 4.91. The van der Waals surface area contributed by atoms with E-state index in [4.69, 9.17) is 9.47 Å². The van der Waals surface area contributed by atoms with E-state index in [1.54, 1.807) is 13.8 Å². The molecule has 0 aromatic rings. The average Bonchev–Trinajstić information content (AvgIpc) is 2.79. The quantitative estimate of drug-likeness (QED) is 0.541. The van der Waals surface area contributed by atoms with Crippen molar-refractivity contribution in [3.05, 3.63) is 12.2 Å².